The number of hydrogen-bond donors (Lipinski definition) is 0. The zero-order valence-corrected chi connectivity index (χ0v) is 27.8. The van der Waals surface area contributed by atoms with Crippen LogP contribution >= 0.6 is 0 Å². The van der Waals surface area contributed by atoms with E-state index in [1.165, 1.54) is 44.1 Å². The number of hydrogen-bond acceptors (Lipinski definition) is 0. The van der Waals surface area contributed by atoms with E-state index in [9.17, 15) is 0 Å². The van der Waals surface area contributed by atoms with Gasteiger partial charge in [-0.25, -0.2) is 0 Å². The molecule has 0 radical (unpaired) electrons. The van der Waals surface area contributed by atoms with Crippen molar-refractivity contribution in [3.8, 4) is 0 Å². The van der Waals surface area contributed by atoms with Crippen LogP contribution in [-0.2, 0) is 21.7 Å². The van der Waals surface area contributed by atoms with Gasteiger partial charge in [0.1, 0.15) is 6.15 Å². The fourth-order valence-corrected chi connectivity index (χ4v) is 7.24. The van der Waals surface area contributed by atoms with E-state index in [0.717, 1.165) is 0 Å². The van der Waals surface area contributed by atoms with E-state index in [4.69, 9.17) is 0 Å². The molecule has 0 spiro atoms. The standard InChI is InChI=1S/C40H52B/c1-37(2,3)29-21-13-17-25-33(29)41(34-26-18-14-22-30(34)38(4,5)6,35-27-19-15-23-31(35)39(7,8)9)36-28-20-16-24-32(36)40(10,11)12/h13-28H,1-12H3/q-1. The Morgan fingerprint density at radius 1 is 0.293 bits per heavy atom. The van der Waals surface area contributed by atoms with E-state index < -0.39 is 6.15 Å². The molecule has 0 amide bonds. The molecular formula is C40H52B-. The maximum atomic E-state index is 2.44. The van der Waals surface area contributed by atoms with Crippen LogP contribution in [0.5, 0.6) is 0 Å². The fraction of sp³-hybridized carbons (Fsp3) is 0.400. The monoisotopic (exact) mass is 543 g/mol. The molecule has 0 saturated carbocycles. The molecule has 4 aromatic rings. The Morgan fingerprint density at radius 2 is 0.463 bits per heavy atom. The molecule has 0 saturated heterocycles. The van der Waals surface area contributed by atoms with Crippen LogP contribution < -0.4 is 21.9 Å². The van der Waals surface area contributed by atoms with Crippen molar-refractivity contribution in [1.82, 2.24) is 0 Å². The van der Waals surface area contributed by atoms with Gasteiger partial charge < -0.3 is 0 Å². The van der Waals surface area contributed by atoms with E-state index in [-0.39, 0.29) is 21.7 Å². The molecule has 216 valence electrons. The minimum atomic E-state index is -1.61. The Labute approximate surface area is 251 Å². The lowest BCUT2D eigenvalue weighted by Crippen LogP contribution is -2.78. The van der Waals surface area contributed by atoms with Gasteiger partial charge in [0.2, 0.25) is 0 Å². The molecule has 0 aliphatic carbocycles. The third-order valence-corrected chi connectivity index (χ3v) is 8.94. The van der Waals surface area contributed by atoms with Gasteiger partial charge in [-0.15, -0.1) is 0 Å². The van der Waals surface area contributed by atoms with Gasteiger partial charge in [-0.2, -0.15) is 21.9 Å². The van der Waals surface area contributed by atoms with Gasteiger partial charge in [-0.1, -0.05) is 202 Å². The molecule has 1 heteroatoms. The van der Waals surface area contributed by atoms with Crippen LogP contribution in [0.1, 0.15) is 105 Å². The molecule has 4 rings (SSSR count). The summed E-state index contributed by atoms with van der Waals surface area (Å²) in [5.74, 6) is 0. The highest BCUT2D eigenvalue weighted by Gasteiger charge is 2.41. The number of benzene rings is 4. The normalized spacial score (nSPS) is 13.4. The van der Waals surface area contributed by atoms with Crippen molar-refractivity contribution in [2.75, 3.05) is 0 Å². The largest absolute Gasteiger partial charge is 0.191 e. The van der Waals surface area contributed by atoms with Crippen molar-refractivity contribution in [3.05, 3.63) is 119 Å². The van der Waals surface area contributed by atoms with Crippen molar-refractivity contribution in [3.63, 3.8) is 0 Å². The molecule has 0 atom stereocenters. The third-order valence-electron chi connectivity index (χ3n) is 8.94. The minimum absolute atomic E-state index is 0.0341. The maximum absolute atomic E-state index is 2.44. The lowest BCUT2D eigenvalue weighted by atomic mass is 9.10. The quantitative estimate of drug-likeness (QED) is 0.227. The van der Waals surface area contributed by atoms with Gasteiger partial charge in [0, 0.05) is 0 Å². The van der Waals surface area contributed by atoms with Crippen LogP contribution in [0.25, 0.3) is 0 Å². The second kappa shape index (κ2) is 10.7. The van der Waals surface area contributed by atoms with Crippen molar-refractivity contribution in [2.45, 2.75) is 105 Å². The first-order valence-corrected chi connectivity index (χ1v) is 15.5. The molecule has 0 N–H and O–H groups in total. The van der Waals surface area contributed by atoms with Crippen LogP contribution in [0.15, 0.2) is 97.1 Å². The molecule has 4 aromatic carbocycles. The highest BCUT2D eigenvalue weighted by atomic mass is 14.3. The van der Waals surface area contributed by atoms with Crippen molar-refractivity contribution >= 4 is 28.0 Å². The SMILES string of the molecule is CC(C)(C)c1ccccc1[B-](c1ccccc1C(C)(C)C)(c1ccccc1C(C)(C)C)c1ccccc1C(C)(C)C. The highest BCUT2D eigenvalue weighted by molar-refractivity contribution is 7.20. The molecule has 0 aliphatic heterocycles. The van der Waals surface area contributed by atoms with Crippen molar-refractivity contribution in [2.24, 2.45) is 0 Å². The first-order valence-electron chi connectivity index (χ1n) is 15.5. The second-order valence-electron chi connectivity index (χ2n) is 16.2. The Hall–Kier alpha value is -3.06. The summed E-state index contributed by atoms with van der Waals surface area (Å²) in [5, 5.41) is 0. The van der Waals surface area contributed by atoms with Crippen LogP contribution in [0.4, 0.5) is 0 Å². The summed E-state index contributed by atoms with van der Waals surface area (Å²) < 4.78 is 0. The van der Waals surface area contributed by atoms with Gasteiger partial charge in [-0.3, -0.25) is 0 Å². The molecule has 0 unspecified atom stereocenters. The smallest absolute Gasteiger partial charge is 0.109 e. The Kier molecular flexibility index (Phi) is 8.03. The topological polar surface area (TPSA) is 0 Å². The zero-order chi connectivity index (χ0) is 30.4. The lowest BCUT2D eigenvalue weighted by molar-refractivity contribution is 0.590. The van der Waals surface area contributed by atoms with Crippen LogP contribution in [0.2, 0.25) is 0 Å². The summed E-state index contributed by atoms with van der Waals surface area (Å²) in [6, 6.07) is 37.3. The average molecular weight is 544 g/mol. The van der Waals surface area contributed by atoms with Crippen LogP contribution in [-0.4, -0.2) is 6.15 Å². The molecule has 0 heterocycles. The minimum Gasteiger partial charge on any atom is -0.191 e. The lowest BCUT2D eigenvalue weighted by Gasteiger charge is -2.53. The second-order valence-corrected chi connectivity index (χ2v) is 16.2. The Bertz CT molecular complexity index is 1270. The van der Waals surface area contributed by atoms with Gasteiger partial charge in [-0.05, 0) is 21.7 Å². The predicted octanol–water partition coefficient (Wildman–Crippen LogP) is 8.25. The molecule has 0 nitrogen and oxygen atoms in total. The summed E-state index contributed by atoms with van der Waals surface area (Å²) in [6.45, 7) is 28.4. The summed E-state index contributed by atoms with van der Waals surface area (Å²) >= 11 is 0. The zero-order valence-electron chi connectivity index (χ0n) is 27.8. The first kappa shape index (κ1) is 30.9. The first-order chi connectivity index (χ1) is 18.9. The van der Waals surface area contributed by atoms with Gasteiger partial charge >= 0.3 is 0 Å². The number of rotatable bonds is 4. The summed E-state index contributed by atoms with van der Waals surface area (Å²) in [6.07, 6.45) is -1.61. The predicted molar refractivity (Wildman–Crippen MR) is 185 cm³/mol. The summed E-state index contributed by atoms with van der Waals surface area (Å²) in [7, 11) is 0. The van der Waals surface area contributed by atoms with Crippen molar-refractivity contribution in [1.29, 1.82) is 0 Å². The van der Waals surface area contributed by atoms with E-state index in [0.29, 0.717) is 0 Å². The average Bonchev–Trinajstić information content (AvgIpc) is 2.88. The maximum Gasteiger partial charge on any atom is 0.109 e. The molecular weight excluding hydrogens is 491 g/mol. The Balaban J connectivity index is 2.46. The summed E-state index contributed by atoms with van der Waals surface area (Å²) in [5.41, 5.74) is 11.3. The van der Waals surface area contributed by atoms with Crippen LogP contribution in [0, 0.1) is 0 Å². The van der Waals surface area contributed by atoms with Gasteiger partial charge in [0.05, 0.1) is 0 Å². The fourth-order valence-electron chi connectivity index (χ4n) is 7.24. The molecule has 0 aliphatic rings. The Morgan fingerprint density at radius 3 is 0.634 bits per heavy atom. The molecule has 41 heavy (non-hydrogen) atoms. The molecule has 0 bridgehead atoms. The summed E-state index contributed by atoms with van der Waals surface area (Å²) in [4.78, 5) is 0. The van der Waals surface area contributed by atoms with E-state index in [2.05, 4.69) is 180 Å². The van der Waals surface area contributed by atoms with Crippen LogP contribution in [0.3, 0.4) is 0 Å². The van der Waals surface area contributed by atoms with E-state index in [1.54, 1.807) is 0 Å². The van der Waals surface area contributed by atoms with E-state index >= 15 is 0 Å². The third kappa shape index (κ3) is 5.70. The van der Waals surface area contributed by atoms with Gasteiger partial charge in [0.15, 0.2) is 0 Å². The molecule has 0 fully saturated rings. The van der Waals surface area contributed by atoms with Crippen molar-refractivity contribution < 1.29 is 0 Å². The van der Waals surface area contributed by atoms with E-state index in [1.807, 2.05) is 0 Å². The van der Waals surface area contributed by atoms with Gasteiger partial charge in [0.25, 0.3) is 0 Å². The highest BCUT2D eigenvalue weighted by Crippen LogP contribution is 2.32. The molecule has 0 aromatic heterocycles.